The van der Waals surface area contributed by atoms with Gasteiger partial charge < -0.3 is 14.9 Å². The quantitative estimate of drug-likeness (QED) is 0.131. The van der Waals surface area contributed by atoms with Gasteiger partial charge in [-0.15, -0.1) is 0 Å². The number of nitrogens with zero attached hydrogens (tertiary/aromatic N) is 1. The van der Waals surface area contributed by atoms with Gasteiger partial charge in [0.05, 0.1) is 30.4 Å². The lowest BCUT2D eigenvalue weighted by Gasteiger charge is -2.14. The SMILES string of the molecule is COc1ccc2nc3cc(Cl)ccc3c(NCCCCCCCCCCOP(N)(=O)O)c2c1. The molecule has 0 aliphatic rings. The molecule has 3 rings (SSSR count). The lowest BCUT2D eigenvalue weighted by Crippen LogP contribution is -2.04. The summed E-state index contributed by atoms with van der Waals surface area (Å²) in [6.45, 7) is 1.12. The fourth-order valence-electron chi connectivity index (χ4n) is 3.91. The number of halogens is 1. The number of rotatable bonds is 14. The standard InChI is InChI=1S/C24H33ClN3O4P/c1-31-19-11-13-22-21(17-19)24(20-12-10-18(25)16-23(20)28-22)27-14-8-6-4-2-3-5-7-9-15-32-33(26,29)30/h10-13,16-17H,2-9,14-15H2,1H3,(H,27,28)(H3,26,29,30). The molecule has 0 radical (unpaired) electrons. The van der Waals surface area contributed by atoms with Crippen molar-refractivity contribution in [2.75, 3.05) is 25.6 Å². The van der Waals surface area contributed by atoms with Gasteiger partial charge in [-0.25, -0.2) is 15.1 Å². The molecule has 9 heteroatoms. The van der Waals surface area contributed by atoms with E-state index in [-0.39, 0.29) is 6.61 Å². The third kappa shape index (κ3) is 8.13. The monoisotopic (exact) mass is 493 g/mol. The van der Waals surface area contributed by atoms with Crippen molar-refractivity contribution in [1.29, 1.82) is 0 Å². The van der Waals surface area contributed by atoms with E-state index in [2.05, 4.69) is 9.84 Å². The Kier molecular flexibility index (Phi) is 9.78. The first kappa shape index (κ1) is 25.7. The molecule has 0 aliphatic heterocycles. The Hall–Kier alpha value is -1.89. The number of pyridine rings is 1. The number of fused-ring (bicyclic) bond motifs is 2. The second-order valence-electron chi connectivity index (χ2n) is 8.18. The van der Waals surface area contributed by atoms with Gasteiger partial charge in [0.25, 0.3) is 0 Å². The second kappa shape index (κ2) is 12.5. The van der Waals surface area contributed by atoms with Crippen LogP contribution in [0.1, 0.15) is 51.4 Å². The number of aromatic nitrogens is 1. The van der Waals surface area contributed by atoms with Crippen LogP contribution >= 0.6 is 19.3 Å². The fourth-order valence-corrected chi connectivity index (χ4v) is 4.47. The molecule has 0 saturated carbocycles. The lowest BCUT2D eigenvalue weighted by atomic mass is 10.1. The van der Waals surface area contributed by atoms with E-state index >= 15 is 0 Å². The Labute approximate surface area is 200 Å². The number of hydrogen-bond acceptors (Lipinski definition) is 5. The molecule has 1 unspecified atom stereocenters. The van der Waals surface area contributed by atoms with Gasteiger partial charge in [-0.3, -0.25) is 4.52 Å². The molecule has 1 heterocycles. The zero-order valence-electron chi connectivity index (χ0n) is 19.1. The first-order valence-corrected chi connectivity index (χ1v) is 13.5. The molecule has 1 aromatic heterocycles. The molecule has 1 atom stereocenters. The van der Waals surface area contributed by atoms with E-state index in [1.807, 2.05) is 36.4 Å². The summed E-state index contributed by atoms with van der Waals surface area (Å²) in [4.78, 5) is 13.6. The Morgan fingerprint density at radius 2 is 1.67 bits per heavy atom. The molecule has 180 valence electrons. The zero-order valence-corrected chi connectivity index (χ0v) is 20.7. The predicted molar refractivity (Wildman–Crippen MR) is 136 cm³/mol. The molecule has 7 nitrogen and oxygen atoms in total. The van der Waals surface area contributed by atoms with Crippen LogP contribution in [-0.2, 0) is 9.09 Å². The van der Waals surface area contributed by atoms with E-state index < -0.39 is 7.75 Å². The minimum absolute atomic E-state index is 0.242. The number of nitrogens with one attached hydrogen (secondary N) is 1. The van der Waals surface area contributed by atoms with Crippen molar-refractivity contribution in [3.63, 3.8) is 0 Å². The number of unbranched alkanes of at least 4 members (excludes halogenated alkanes) is 7. The number of benzene rings is 2. The van der Waals surface area contributed by atoms with Crippen molar-refractivity contribution in [1.82, 2.24) is 4.98 Å². The van der Waals surface area contributed by atoms with Crippen molar-refractivity contribution in [3.05, 3.63) is 41.4 Å². The third-order valence-corrected chi connectivity index (χ3v) is 6.38. The van der Waals surface area contributed by atoms with E-state index in [9.17, 15) is 4.57 Å². The van der Waals surface area contributed by atoms with Crippen molar-refractivity contribution in [2.45, 2.75) is 51.4 Å². The maximum Gasteiger partial charge on any atom is 0.400 e. The Morgan fingerprint density at radius 3 is 2.36 bits per heavy atom. The summed E-state index contributed by atoms with van der Waals surface area (Å²) in [5, 5.41) is 6.40. The molecule has 0 amide bonds. The molecule has 3 aromatic rings. The topological polar surface area (TPSA) is 107 Å². The summed E-state index contributed by atoms with van der Waals surface area (Å²) in [6.07, 6.45) is 8.62. The van der Waals surface area contributed by atoms with Gasteiger partial charge in [0.15, 0.2) is 0 Å². The summed E-state index contributed by atoms with van der Waals surface area (Å²) in [5.41, 5.74) is 7.79. The predicted octanol–water partition coefficient (Wildman–Crippen LogP) is 6.66. The number of nitrogens with two attached hydrogens (primary N) is 1. The van der Waals surface area contributed by atoms with Gasteiger partial charge in [-0.2, -0.15) is 0 Å². The highest BCUT2D eigenvalue weighted by atomic mass is 35.5. The summed E-state index contributed by atoms with van der Waals surface area (Å²) in [5.74, 6) is 0.806. The average molecular weight is 494 g/mol. The van der Waals surface area contributed by atoms with E-state index in [0.29, 0.717) is 5.02 Å². The molecular formula is C24H33ClN3O4P. The van der Waals surface area contributed by atoms with Gasteiger partial charge in [0, 0.05) is 22.3 Å². The van der Waals surface area contributed by atoms with Crippen molar-refractivity contribution in [3.8, 4) is 5.75 Å². The number of anilines is 1. The van der Waals surface area contributed by atoms with Crippen molar-refractivity contribution < 1.29 is 18.7 Å². The van der Waals surface area contributed by atoms with Gasteiger partial charge >= 0.3 is 7.75 Å². The van der Waals surface area contributed by atoms with Gasteiger partial charge in [-0.1, -0.05) is 50.1 Å². The zero-order chi connectivity index (χ0) is 23.7. The van der Waals surface area contributed by atoms with Gasteiger partial charge in [-0.05, 0) is 49.2 Å². The van der Waals surface area contributed by atoms with Crippen LogP contribution in [0.5, 0.6) is 5.75 Å². The normalized spacial score (nSPS) is 13.3. The lowest BCUT2D eigenvalue weighted by molar-refractivity contribution is 0.253. The molecule has 0 bridgehead atoms. The summed E-state index contributed by atoms with van der Waals surface area (Å²) >= 11 is 6.20. The van der Waals surface area contributed by atoms with Crippen LogP contribution in [0.15, 0.2) is 36.4 Å². The minimum atomic E-state index is -3.82. The van der Waals surface area contributed by atoms with Gasteiger partial charge in [0.1, 0.15) is 5.75 Å². The smallest absolute Gasteiger partial charge is 0.400 e. The van der Waals surface area contributed by atoms with E-state index in [0.717, 1.165) is 78.3 Å². The molecule has 0 saturated heterocycles. The van der Waals surface area contributed by atoms with Crippen LogP contribution < -0.4 is 15.6 Å². The first-order valence-electron chi connectivity index (χ1n) is 11.4. The molecule has 0 aliphatic carbocycles. The minimum Gasteiger partial charge on any atom is -0.497 e. The van der Waals surface area contributed by atoms with Crippen LogP contribution in [-0.4, -0.2) is 30.1 Å². The number of methoxy groups -OCH3 is 1. The van der Waals surface area contributed by atoms with Crippen molar-refractivity contribution in [2.24, 2.45) is 5.50 Å². The van der Waals surface area contributed by atoms with Crippen molar-refractivity contribution >= 4 is 46.8 Å². The van der Waals surface area contributed by atoms with Gasteiger partial charge in [0.2, 0.25) is 0 Å². The third-order valence-electron chi connectivity index (χ3n) is 5.59. The fraction of sp³-hybridized carbons (Fsp3) is 0.458. The highest BCUT2D eigenvalue weighted by molar-refractivity contribution is 7.50. The van der Waals surface area contributed by atoms with E-state index in [4.69, 9.17) is 31.7 Å². The Bertz CT molecular complexity index is 1110. The van der Waals surface area contributed by atoms with Crippen LogP contribution in [0, 0.1) is 0 Å². The van der Waals surface area contributed by atoms with Crippen LogP contribution in [0.25, 0.3) is 21.8 Å². The largest absolute Gasteiger partial charge is 0.497 e. The summed E-state index contributed by atoms with van der Waals surface area (Å²) in [6, 6.07) is 11.7. The average Bonchev–Trinajstić information content (AvgIpc) is 2.78. The Balaban J connectivity index is 1.45. The summed E-state index contributed by atoms with van der Waals surface area (Å²) in [7, 11) is -2.15. The maximum atomic E-state index is 10.8. The van der Waals surface area contributed by atoms with E-state index in [1.165, 1.54) is 12.8 Å². The molecule has 0 fully saturated rings. The molecule has 2 aromatic carbocycles. The molecule has 33 heavy (non-hydrogen) atoms. The highest BCUT2D eigenvalue weighted by Crippen LogP contribution is 2.34. The van der Waals surface area contributed by atoms with Crippen LogP contribution in [0.4, 0.5) is 5.69 Å². The molecule has 4 N–H and O–H groups in total. The van der Waals surface area contributed by atoms with Crippen LogP contribution in [0.2, 0.25) is 5.02 Å². The highest BCUT2D eigenvalue weighted by Gasteiger charge is 2.11. The Morgan fingerprint density at radius 1 is 0.970 bits per heavy atom. The first-order chi connectivity index (χ1) is 15.9. The van der Waals surface area contributed by atoms with E-state index in [1.54, 1.807) is 7.11 Å². The number of hydrogen-bond donors (Lipinski definition) is 3. The number of ether oxygens (including phenoxy) is 1. The van der Waals surface area contributed by atoms with Crippen LogP contribution in [0.3, 0.4) is 0 Å². The molecular weight excluding hydrogens is 461 g/mol. The maximum absolute atomic E-state index is 10.8. The second-order valence-corrected chi connectivity index (χ2v) is 10.0. The summed E-state index contributed by atoms with van der Waals surface area (Å²) < 4.78 is 20.9. The molecule has 0 spiro atoms.